The quantitative estimate of drug-likeness (QED) is 0.735. The number of hydrogen-bond acceptors (Lipinski definition) is 3. The first kappa shape index (κ1) is 11.3. The van der Waals surface area contributed by atoms with Gasteiger partial charge in [0.25, 0.3) is 0 Å². The van der Waals surface area contributed by atoms with Crippen LogP contribution < -0.4 is 4.90 Å². The van der Waals surface area contributed by atoms with Crippen molar-refractivity contribution in [2.75, 3.05) is 31.7 Å². The molecule has 0 bridgehead atoms. The second kappa shape index (κ2) is 5.25. The van der Waals surface area contributed by atoms with Crippen LogP contribution in [0.1, 0.15) is 12.8 Å². The highest BCUT2D eigenvalue weighted by Crippen LogP contribution is 2.21. The molecular weight excluding hydrogens is 207 g/mol. The molecule has 0 saturated carbocycles. The van der Waals surface area contributed by atoms with Crippen molar-refractivity contribution in [2.24, 2.45) is 5.92 Å². The van der Waals surface area contributed by atoms with Crippen LogP contribution >= 0.6 is 0 Å². The molecule has 88 valence electrons. The van der Waals surface area contributed by atoms with Gasteiger partial charge in [-0.05, 0) is 30.9 Å². The van der Waals surface area contributed by atoms with E-state index in [1.807, 2.05) is 6.07 Å². The summed E-state index contributed by atoms with van der Waals surface area (Å²) in [6, 6.07) is 4.94. The van der Waals surface area contributed by atoms with Gasteiger partial charge in [-0.3, -0.25) is 0 Å². The maximum atomic E-state index is 13.0. The highest BCUT2D eigenvalue weighted by atomic mass is 19.1. The van der Waals surface area contributed by atoms with Crippen LogP contribution in [0.15, 0.2) is 18.2 Å². The Bertz CT molecular complexity index is 338. The number of piperidine rings is 1. The lowest BCUT2D eigenvalue weighted by molar-refractivity contribution is 0.139. The van der Waals surface area contributed by atoms with Gasteiger partial charge in [-0.2, -0.15) is 4.39 Å². The number of anilines is 1. The number of rotatable bonds is 3. The molecule has 0 spiro atoms. The van der Waals surface area contributed by atoms with Crippen molar-refractivity contribution in [1.82, 2.24) is 4.98 Å². The Balaban J connectivity index is 1.94. The Morgan fingerprint density at radius 1 is 1.44 bits per heavy atom. The van der Waals surface area contributed by atoms with Gasteiger partial charge in [0.15, 0.2) is 0 Å². The SMILES string of the molecule is COCC1CCN(c2cccc(F)n2)CC1. The van der Waals surface area contributed by atoms with E-state index in [9.17, 15) is 4.39 Å². The summed E-state index contributed by atoms with van der Waals surface area (Å²) >= 11 is 0. The third-order valence-corrected chi connectivity index (χ3v) is 3.04. The lowest BCUT2D eigenvalue weighted by Gasteiger charge is -2.32. The third-order valence-electron chi connectivity index (χ3n) is 3.04. The van der Waals surface area contributed by atoms with Crippen molar-refractivity contribution in [3.8, 4) is 0 Å². The first-order chi connectivity index (χ1) is 7.79. The predicted molar refractivity (Wildman–Crippen MR) is 61.0 cm³/mol. The highest BCUT2D eigenvalue weighted by Gasteiger charge is 2.19. The molecular formula is C12H17FN2O. The fourth-order valence-electron chi connectivity index (χ4n) is 2.14. The number of aromatic nitrogens is 1. The van der Waals surface area contributed by atoms with E-state index < -0.39 is 5.95 Å². The molecule has 0 aliphatic carbocycles. The van der Waals surface area contributed by atoms with Crippen molar-refractivity contribution in [2.45, 2.75) is 12.8 Å². The van der Waals surface area contributed by atoms with E-state index in [1.165, 1.54) is 6.07 Å². The van der Waals surface area contributed by atoms with E-state index in [-0.39, 0.29) is 0 Å². The first-order valence-corrected chi connectivity index (χ1v) is 5.66. The van der Waals surface area contributed by atoms with Gasteiger partial charge < -0.3 is 9.64 Å². The number of halogens is 1. The van der Waals surface area contributed by atoms with Crippen LogP contribution in [-0.2, 0) is 4.74 Å². The summed E-state index contributed by atoms with van der Waals surface area (Å²) in [6.45, 7) is 2.69. The van der Waals surface area contributed by atoms with Crippen LogP contribution in [0.2, 0.25) is 0 Å². The normalized spacial score (nSPS) is 17.8. The Labute approximate surface area is 95.2 Å². The summed E-state index contributed by atoms with van der Waals surface area (Å²) < 4.78 is 18.1. The summed E-state index contributed by atoms with van der Waals surface area (Å²) in [6.07, 6.45) is 2.18. The van der Waals surface area contributed by atoms with E-state index in [2.05, 4.69) is 9.88 Å². The molecule has 0 amide bonds. The van der Waals surface area contributed by atoms with Crippen LogP contribution in [0.4, 0.5) is 10.2 Å². The molecule has 4 heteroatoms. The summed E-state index contributed by atoms with van der Waals surface area (Å²) in [5.74, 6) is 0.974. The highest BCUT2D eigenvalue weighted by molar-refractivity contribution is 5.38. The molecule has 0 N–H and O–H groups in total. The van der Waals surface area contributed by atoms with Gasteiger partial charge >= 0.3 is 0 Å². The zero-order valence-corrected chi connectivity index (χ0v) is 9.53. The van der Waals surface area contributed by atoms with Gasteiger partial charge in [-0.15, -0.1) is 0 Å². The van der Waals surface area contributed by atoms with Crippen molar-refractivity contribution in [3.63, 3.8) is 0 Å². The van der Waals surface area contributed by atoms with E-state index >= 15 is 0 Å². The molecule has 1 aromatic rings. The average molecular weight is 224 g/mol. The van der Waals surface area contributed by atoms with Crippen LogP contribution in [0.3, 0.4) is 0 Å². The molecule has 1 saturated heterocycles. The summed E-state index contributed by atoms with van der Waals surface area (Å²) in [5.41, 5.74) is 0. The Hall–Kier alpha value is -1.16. The topological polar surface area (TPSA) is 25.4 Å². The van der Waals surface area contributed by atoms with E-state index in [1.54, 1.807) is 13.2 Å². The van der Waals surface area contributed by atoms with Gasteiger partial charge in [0, 0.05) is 26.8 Å². The zero-order valence-electron chi connectivity index (χ0n) is 9.53. The van der Waals surface area contributed by atoms with Gasteiger partial charge in [0.2, 0.25) is 5.95 Å². The maximum Gasteiger partial charge on any atom is 0.214 e. The average Bonchev–Trinajstić information content (AvgIpc) is 2.30. The molecule has 0 unspecified atom stereocenters. The Morgan fingerprint density at radius 3 is 2.81 bits per heavy atom. The van der Waals surface area contributed by atoms with Gasteiger partial charge in [0.1, 0.15) is 5.82 Å². The number of ether oxygens (including phenoxy) is 1. The fourth-order valence-corrected chi connectivity index (χ4v) is 2.14. The molecule has 2 rings (SSSR count). The molecule has 1 aromatic heterocycles. The number of hydrogen-bond donors (Lipinski definition) is 0. The van der Waals surface area contributed by atoms with Crippen molar-refractivity contribution >= 4 is 5.82 Å². The third kappa shape index (κ3) is 2.70. The molecule has 1 aliphatic heterocycles. The molecule has 1 aliphatic rings. The van der Waals surface area contributed by atoms with Crippen molar-refractivity contribution in [1.29, 1.82) is 0 Å². The van der Waals surface area contributed by atoms with Crippen LogP contribution in [-0.4, -0.2) is 31.8 Å². The molecule has 1 fully saturated rings. The van der Waals surface area contributed by atoms with E-state index in [0.717, 1.165) is 38.4 Å². The minimum Gasteiger partial charge on any atom is -0.384 e. The summed E-state index contributed by atoms with van der Waals surface area (Å²) in [5, 5.41) is 0. The lowest BCUT2D eigenvalue weighted by Crippen LogP contribution is -2.35. The molecule has 2 heterocycles. The summed E-state index contributed by atoms with van der Waals surface area (Å²) in [4.78, 5) is 6.03. The van der Waals surface area contributed by atoms with Crippen LogP contribution in [0.5, 0.6) is 0 Å². The smallest absolute Gasteiger partial charge is 0.214 e. The lowest BCUT2D eigenvalue weighted by atomic mass is 9.98. The Morgan fingerprint density at radius 2 is 2.19 bits per heavy atom. The van der Waals surface area contributed by atoms with Gasteiger partial charge in [-0.1, -0.05) is 6.07 Å². The fraction of sp³-hybridized carbons (Fsp3) is 0.583. The molecule has 0 aromatic carbocycles. The number of nitrogens with zero attached hydrogens (tertiary/aromatic N) is 2. The predicted octanol–water partition coefficient (Wildman–Crippen LogP) is 2.08. The molecule has 3 nitrogen and oxygen atoms in total. The molecule has 16 heavy (non-hydrogen) atoms. The number of pyridine rings is 1. The van der Waals surface area contributed by atoms with Gasteiger partial charge in [-0.25, -0.2) is 4.98 Å². The molecule has 0 radical (unpaired) electrons. The monoisotopic (exact) mass is 224 g/mol. The standard InChI is InChI=1S/C12H17FN2O/c1-16-9-10-5-7-15(8-6-10)12-4-2-3-11(13)14-12/h2-4,10H,5-9H2,1H3. The van der Waals surface area contributed by atoms with Crippen molar-refractivity contribution < 1.29 is 9.13 Å². The summed E-state index contributed by atoms with van der Waals surface area (Å²) in [7, 11) is 1.74. The van der Waals surface area contributed by atoms with E-state index in [0.29, 0.717) is 5.92 Å². The van der Waals surface area contributed by atoms with Crippen LogP contribution in [0, 0.1) is 11.9 Å². The first-order valence-electron chi connectivity index (χ1n) is 5.66. The largest absolute Gasteiger partial charge is 0.384 e. The zero-order chi connectivity index (χ0) is 11.4. The maximum absolute atomic E-state index is 13.0. The van der Waals surface area contributed by atoms with Gasteiger partial charge in [0.05, 0.1) is 0 Å². The second-order valence-electron chi connectivity index (χ2n) is 4.20. The van der Waals surface area contributed by atoms with E-state index in [4.69, 9.17) is 4.74 Å². The number of methoxy groups -OCH3 is 1. The minimum absolute atomic E-state index is 0.406. The second-order valence-corrected chi connectivity index (χ2v) is 4.20. The van der Waals surface area contributed by atoms with Crippen molar-refractivity contribution in [3.05, 3.63) is 24.1 Å². The Kier molecular flexibility index (Phi) is 3.72. The minimum atomic E-state index is -0.406. The van der Waals surface area contributed by atoms with Crippen LogP contribution in [0.25, 0.3) is 0 Å². The molecule has 0 atom stereocenters.